The van der Waals surface area contributed by atoms with E-state index in [-0.39, 0.29) is 6.04 Å². The normalized spacial score (nSPS) is 12.7. The van der Waals surface area contributed by atoms with Crippen LogP contribution in [-0.4, -0.2) is 4.98 Å². The van der Waals surface area contributed by atoms with Crippen molar-refractivity contribution in [1.82, 2.24) is 4.98 Å². The molecule has 14 heavy (non-hydrogen) atoms. The Hall–Kier alpha value is -1.61. The van der Waals surface area contributed by atoms with Crippen LogP contribution in [0.4, 0.5) is 0 Å². The molecule has 0 fully saturated rings. The maximum Gasteiger partial charge on any atom is 0.191 e. The molecule has 0 saturated carbocycles. The summed E-state index contributed by atoms with van der Waals surface area (Å²) in [5.41, 5.74) is 7.82. The van der Waals surface area contributed by atoms with Gasteiger partial charge in [0.05, 0.1) is 6.04 Å². The van der Waals surface area contributed by atoms with E-state index in [2.05, 4.69) is 4.98 Å². The van der Waals surface area contributed by atoms with Crippen LogP contribution in [0, 0.1) is 6.92 Å². The first-order chi connectivity index (χ1) is 6.77. The molecule has 0 radical (unpaired) electrons. The summed E-state index contributed by atoms with van der Waals surface area (Å²) in [6.07, 6.45) is 1.60. The van der Waals surface area contributed by atoms with Crippen LogP contribution in [0.3, 0.4) is 0 Å². The van der Waals surface area contributed by atoms with Gasteiger partial charge in [0.15, 0.2) is 5.89 Å². The van der Waals surface area contributed by atoms with E-state index in [0.29, 0.717) is 5.89 Å². The van der Waals surface area contributed by atoms with Crippen molar-refractivity contribution in [2.24, 2.45) is 5.73 Å². The second-order valence-electron chi connectivity index (χ2n) is 3.18. The fourth-order valence-electron chi connectivity index (χ4n) is 1.35. The Labute approximate surface area is 82.6 Å². The predicted molar refractivity (Wildman–Crippen MR) is 53.7 cm³/mol. The largest absolute Gasteiger partial charge is 0.449 e. The number of aromatic nitrogens is 1. The average Bonchev–Trinajstić information content (AvgIpc) is 2.65. The Morgan fingerprint density at radius 3 is 2.57 bits per heavy atom. The molecular weight excluding hydrogens is 176 g/mol. The Morgan fingerprint density at radius 1 is 1.29 bits per heavy atom. The lowest BCUT2D eigenvalue weighted by molar-refractivity contribution is 0.520. The molecule has 1 atom stereocenters. The van der Waals surface area contributed by atoms with Gasteiger partial charge in [-0.05, 0) is 5.56 Å². The highest BCUT2D eigenvalue weighted by molar-refractivity contribution is 5.25. The van der Waals surface area contributed by atoms with E-state index in [9.17, 15) is 0 Å². The molecule has 0 aliphatic carbocycles. The summed E-state index contributed by atoms with van der Waals surface area (Å²) < 4.78 is 5.12. The van der Waals surface area contributed by atoms with Gasteiger partial charge < -0.3 is 10.2 Å². The van der Waals surface area contributed by atoms with Gasteiger partial charge in [0.25, 0.3) is 0 Å². The highest BCUT2D eigenvalue weighted by atomic mass is 16.3. The molecule has 0 amide bonds. The number of benzene rings is 1. The molecule has 2 N–H and O–H groups in total. The number of aryl methyl sites for hydroxylation is 1. The van der Waals surface area contributed by atoms with Crippen molar-refractivity contribution < 1.29 is 4.42 Å². The van der Waals surface area contributed by atoms with E-state index < -0.39 is 0 Å². The van der Waals surface area contributed by atoms with Gasteiger partial charge in [0, 0.05) is 6.92 Å². The first-order valence-corrected chi connectivity index (χ1v) is 4.50. The second-order valence-corrected chi connectivity index (χ2v) is 3.18. The summed E-state index contributed by atoms with van der Waals surface area (Å²) in [6.45, 7) is 1.81. The number of hydrogen-bond donors (Lipinski definition) is 1. The fraction of sp³-hybridized carbons (Fsp3) is 0.182. The van der Waals surface area contributed by atoms with E-state index in [4.69, 9.17) is 10.2 Å². The minimum absolute atomic E-state index is 0.200. The standard InChI is InChI=1S/C11H12N2O/c1-8-13-10(7-14-8)11(12)9-5-3-2-4-6-9/h2-7,11H,12H2,1H3. The van der Waals surface area contributed by atoms with Crippen LogP contribution in [0.5, 0.6) is 0 Å². The maximum absolute atomic E-state index is 6.01. The van der Waals surface area contributed by atoms with E-state index in [1.165, 1.54) is 0 Å². The first-order valence-electron chi connectivity index (χ1n) is 4.50. The smallest absolute Gasteiger partial charge is 0.191 e. The van der Waals surface area contributed by atoms with Crippen molar-refractivity contribution in [1.29, 1.82) is 0 Å². The Kier molecular flexibility index (Phi) is 2.33. The number of oxazole rings is 1. The molecule has 2 aromatic rings. The number of hydrogen-bond acceptors (Lipinski definition) is 3. The summed E-state index contributed by atoms with van der Waals surface area (Å²) in [5.74, 6) is 0.645. The van der Waals surface area contributed by atoms with Crippen LogP contribution in [0.25, 0.3) is 0 Å². The van der Waals surface area contributed by atoms with Gasteiger partial charge in [-0.1, -0.05) is 30.3 Å². The highest BCUT2D eigenvalue weighted by Gasteiger charge is 2.11. The van der Waals surface area contributed by atoms with Crippen molar-refractivity contribution in [2.75, 3.05) is 0 Å². The maximum atomic E-state index is 6.01. The van der Waals surface area contributed by atoms with Gasteiger partial charge in [0.2, 0.25) is 0 Å². The van der Waals surface area contributed by atoms with E-state index in [1.54, 1.807) is 13.2 Å². The summed E-state index contributed by atoms with van der Waals surface area (Å²) >= 11 is 0. The zero-order valence-electron chi connectivity index (χ0n) is 7.97. The first kappa shape index (κ1) is 8.97. The summed E-state index contributed by atoms with van der Waals surface area (Å²) in [5, 5.41) is 0. The molecule has 0 bridgehead atoms. The SMILES string of the molecule is Cc1nc(C(N)c2ccccc2)co1. The lowest BCUT2D eigenvalue weighted by Gasteiger charge is -2.07. The van der Waals surface area contributed by atoms with Gasteiger partial charge in [-0.2, -0.15) is 0 Å². The average molecular weight is 188 g/mol. The van der Waals surface area contributed by atoms with Crippen molar-refractivity contribution in [3.8, 4) is 0 Å². The molecule has 0 aliphatic rings. The Morgan fingerprint density at radius 2 is 2.00 bits per heavy atom. The van der Waals surface area contributed by atoms with Crippen molar-refractivity contribution >= 4 is 0 Å². The number of nitrogens with zero attached hydrogens (tertiary/aromatic N) is 1. The van der Waals surface area contributed by atoms with E-state index >= 15 is 0 Å². The monoisotopic (exact) mass is 188 g/mol. The van der Waals surface area contributed by atoms with Gasteiger partial charge in [-0.3, -0.25) is 0 Å². The molecule has 0 saturated heterocycles. The molecule has 1 aromatic heterocycles. The third-order valence-corrected chi connectivity index (χ3v) is 2.11. The summed E-state index contributed by atoms with van der Waals surface area (Å²) in [6, 6.07) is 9.64. The molecular formula is C11H12N2O. The third-order valence-electron chi connectivity index (χ3n) is 2.11. The van der Waals surface area contributed by atoms with Gasteiger partial charge in [-0.15, -0.1) is 0 Å². The van der Waals surface area contributed by atoms with Gasteiger partial charge in [-0.25, -0.2) is 4.98 Å². The van der Waals surface area contributed by atoms with Crippen molar-refractivity contribution in [3.63, 3.8) is 0 Å². The van der Waals surface area contributed by atoms with Crippen LogP contribution < -0.4 is 5.73 Å². The third kappa shape index (κ3) is 1.67. The molecule has 0 spiro atoms. The van der Waals surface area contributed by atoms with E-state index in [1.807, 2.05) is 30.3 Å². The molecule has 0 aliphatic heterocycles. The van der Waals surface area contributed by atoms with Crippen LogP contribution in [0.1, 0.15) is 23.2 Å². The summed E-state index contributed by atoms with van der Waals surface area (Å²) in [7, 11) is 0. The Balaban J connectivity index is 2.29. The van der Waals surface area contributed by atoms with Crippen LogP contribution in [0.15, 0.2) is 41.0 Å². The highest BCUT2D eigenvalue weighted by Crippen LogP contribution is 2.17. The molecule has 1 heterocycles. The molecule has 3 nitrogen and oxygen atoms in total. The summed E-state index contributed by atoms with van der Waals surface area (Å²) in [4.78, 5) is 4.20. The minimum Gasteiger partial charge on any atom is -0.449 e. The van der Waals surface area contributed by atoms with Crippen molar-refractivity contribution in [2.45, 2.75) is 13.0 Å². The van der Waals surface area contributed by atoms with E-state index in [0.717, 1.165) is 11.3 Å². The quantitative estimate of drug-likeness (QED) is 0.784. The molecule has 1 aromatic carbocycles. The van der Waals surface area contributed by atoms with Crippen molar-refractivity contribution in [3.05, 3.63) is 53.7 Å². The lowest BCUT2D eigenvalue weighted by Crippen LogP contribution is -2.11. The predicted octanol–water partition coefficient (Wildman–Crippen LogP) is 2.03. The molecule has 1 unspecified atom stereocenters. The molecule has 72 valence electrons. The minimum atomic E-state index is -0.200. The zero-order chi connectivity index (χ0) is 9.97. The number of rotatable bonds is 2. The Bertz CT molecular complexity index is 408. The lowest BCUT2D eigenvalue weighted by atomic mass is 10.1. The zero-order valence-corrected chi connectivity index (χ0v) is 7.97. The number of nitrogens with two attached hydrogens (primary N) is 1. The molecule has 3 heteroatoms. The molecule has 2 rings (SSSR count). The van der Waals surface area contributed by atoms with Crippen LogP contribution >= 0.6 is 0 Å². The van der Waals surface area contributed by atoms with Crippen LogP contribution in [-0.2, 0) is 0 Å². The van der Waals surface area contributed by atoms with Crippen LogP contribution in [0.2, 0.25) is 0 Å². The van der Waals surface area contributed by atoms with Gasteiger partial charge in [0.1, 0.15) is 12.0 Å². The second kappa shape index (κ2) is 3.64. The fourth-order valence-corrected chi connectivity index (χ4v) is 1.35. The van der Waals surface area contributed by atoms with Gasteiger partial charge >= 0.3 is 0 Å². The topological polar surface area (TPSA) is 52.0 Å².